The minimum absolute atomic E-state index is 0.263. The monoisotopic (exact) mass is 233 g/mol. The molecule has 90 valence electrons. The fraction of sp³-hybridized carbons (Fsp3) is 0.583. The van der Waals surface area contributed by atoms with Crippen molar-refractivity contribution in [2.45, 2.75) is 45.3 Å². The zero-order chi connectivity index (χ0) is 12.7. The SMILES string of the molecule is CC1(C)OB(c2ccc(CC#N)o2)OC1(C)C. The molecule has 0 aliphatic carbocycles. The van der Waals surface area contributed by atoms with Crippen molar-refractivity contribution in [1.82, 2.24) is 0 Å². The van der Waals surface area contributed by atoms with Crippen LogP contribution in [0.1, 0.15) is 33.5 Å². The topological polar surface area (TPSA) is 55.4 Å². The molecule has 0 saturated carbocycles. The molecule has 1 aromatic heterocycles. The van der Waals surface area contributed by atoms with Gasteiger partial charge in [0.15, 0.2) is 0 Å². The molecular formula is C12H16BNO3. The van der Waals surface area contributed by atoms with E-state index in [4.69, 9.17) is 19.0 Å². The van der Waals surface area contributed by atoms with Gasteiger partial charge in [-0.05, 0) is 39.8 Å². The molecule has 0 spiro atoms. The quantitative estimate of drug-likeness (QED) is 0.728. The van der Waals surface area contributed by atoms with E-state index in [-0.39, 0.29) is 17.6 Å². The van der Waals surface area contributed by atoms with Crippen LogP contribution in [-0.4, -0.2) is 18.3 Å². The lowest BCUT2D eigenvalue weighted by Gasteiger charge is -2.32. The van der Waals surface area contributed by atoms with Crippen LogP contribution in [0.4, 0.5) is 0 Å². The maximum Gasteiger partial charge on any atom is 0.532 e. The van der Waals surface area contributed by atoms with E-state index in [2.05, 4.69) is 0 Å². The van der Waals surface area contributed by atoms with Crippen LogP contribution >= 0.6 is 0 Å². The molecule has 17 heavy (non-hydrogen) atoms. The predicted octanol–water partition coefficient (Wildman–Crippen LogP) is 1.64. The van der Waals surface area contributed by atoms with Gasteiger partial charge < -0.3 is 13.7 Å². The van der Waals surface area contributed by atoms with E-state index in [9.17, 15) is 0 Å². The third kappa shape index (κ3) is 2.11. The maximum atomic E-state index is 8.59. The van der Waals surface area contributed by atoms with Gasteiger partial charge in [-0.15, -0.1) is 0 Å². The van der Waals surface area contributed by atoms with Gasteiger partial charge in [-0.3, -0.25) is 0 Å². The number of hydrogen-bond donors (Lipinski definition) is 0. The molecule has 0 aromatic carbocycles. The summed E-state index contributed by atoms with van der Waals surface area (Å²) in [5, 5.41) is 8.59. The van der Waals surface area contributed by atoms with Crippen LogP contribution in [0, 0.1) is 11.3 Å². The molecule has 0 amide bonds. The van der Waals surface area contributed by atoms with E-state index in [1.807, 2.05) is 33.8 Å². The second-order valence-corrected chi connectivity index (χ2v) is 5.23. The Balaban J connectivity index is 2.18. The normalized spacial score (nSPS) is 21.5. The Kier molecular flexibility index (Phi) is 2.80. The standard InChI is InChI=1S/C12H16BNO3/c1-11(2)12(3,4)17-13(16-11)10-6-5-9(15-10)7-8-14/h5-6H,7H2,1-4H3. The van der Waals surface area contributed by atoms with Crippen molar-refractivity contribution in [3.05, 3.63) is 17.9 Å². The Labute approximate surface area is 102 Å². The van der Waals surface area contributed by atoms with E-state index in [1.165, 1.54) is 0 Å². The number of nitriles is 1. The van der Waals surface area contributed by atoms with Gasteiger partial charge in [0.25, 0.3) is 0 Å². The van der Waals surface area contributed by atoms with Crippen LogP contribution < -0.4 is 5.66 Å². The molecular weight excluding hydrogens is 217 g/mol. The Morgan fingerprint density at radius 3 is 2.29 bits per heavy atom. The molecule has 2 rings (SSSR count). The molecule has 0 unspecified atom stereocenters. The van der Waals surface area contributed by atoms with Crippen LogP contribution in [0.15, 0.2) is 16.5 Å². The first kappa shape index (κ1) is 12.2. The lowest BCUT2D eigenvalue weighted by molar-refractivity contribution is 0.00578. The van der Waals surface area contributed by atoms with E-state index in [1.54, 1.807) is 12.1 Å². The summed E-state index contributed by atoms with van der Waals surface area (Å²) in [5.41, 5.74) is -0.131. The highest BCUT2D eigenvalue weighted by molar-refractivity contribution is 6.60. The second kappa shape index (κ2) is 3.90. The summed E-state index contributed by atoms with van der Waals surface area (Å²) in [5.74, 6) is 0.636. The van der Waals surface area contributed by atoms with Crippen molar-refractivity contribution in [2.75, 3.05) is 0 Å². The highest BCUT2D eigenvalue weighted by Gasteiger charge is 2.53. The zero-order valence-corrected chi connectivity index (χ0v) is 10.6. The van der Waals surface area contributed by atoms with Gasteiger partial charge in [0.2, 0.25) is 0 Å². The van der Waals surface area contributed by atoms with E-state index in [0.29, 0.717) is 11.4 Å². The minimum Gasteiger partial charge on any atom is -0.469 e. The lowest BCUT2D eigenvalue weighted by atomic mass is 9.86. The second-order valence-electron chi connectivity index (χ2n) is 5.23. The van der Waals surface area contributed by atoms with Gasteiger partial charge in [-0.25, -0.2) is 0 Å². The fourth-order valence-corrected chi connectivity index (χ4v) is 1.65. The molecule has 1 fully saturated rings. The van der Waals surface area contributed by atoms with Crippen molar-refractivity contribution < 1.29 is 13.7 Å². The van der Waals surface area contributed by atoms with Crippen LogP contribution in [0.25, 0.3) is 0 Å². The van der Waals surface area contributed by atoms with Crippen LogP contribution in [-0.2, 0) is 15.7 Å². The third-order valence-electron chi connectivity index (χ3n) is 3.42. The van der Waals surface area contributed by atoms with E-state index < -0.39 is 7.12 Å². The summed E-state index contributed by atoms with van der Waals surface area (Å²) >= 11 is 0. The molecule has 1 aliphatic heterocycles. The first-order valence-electron chi connectivity index (χ1n) is 5.67. The predicted molar refractivity (Wildman–Crippen MR) is 63.7 cm³/mol. The number of nitrogens with zero attached hydrogens (tertiary/aromatic N) is 1. The van der Waals surface area contributed by atoms with Crippen LogP contribution in [0.5, 0.6) is 0 Å². The Morgan fingerprint density at radius 2 is 1.76 bits per heavy atom. The van der Waals surface area contributed by atoms with E-state index >= 15 is 0 Å². The largest absolute Gasteiger partial charge is 0.532 e. The van der Waals surface area contributed by atoms with Crippen molar-refractivity contribution in [3.63, 3.8) is 0 Å². The van der Waals surface area contributed by atoms with Gasteiger partial charge in [0, 0.05) is 0 Å². The first-order chi connectivity index (χ1) is 7.86. The Morgan fingerprint density at radius 1 is 1.18 bits per heavy atom. The summed E-state index contributed by atoms with van der Waals surface area (Å²) < 4.78 is 17.2. The van der Waals surface area contributed by atoms with Gasteiger partial charge >= 0.3 is 7.12 Å². The molecule has 1 aromatic rings. The highest BCUT2D eigenvalue weighted by Crippen LogP contribution is 2.36. The van der Waals surface area contributed by atoms with Gasteiger partial charge in [0.05, 0.1) is 23.7 Å². The fourth-order valence-electron chi connectivity index (χ4n) is 1.65. The highest BCUT2D eigenvalue weighted by atomic mass is 16.7. The summed E-state index contributed by atoms with van der Waals surface area (Å²) in [6.45, 7) is 7.97. The molecule has 0 radical (unpaired) electrons. The van der Waals surface area contributed by atoms with Crippen molar-refractivity contribution in [1.29, 1.82) is 5.26 Å². The van der Waals surface area contributed by atoms with Gasteiger partial charge in [-0.1, -0.05) is 0 Å². The van der Waals surface area contributed by atoms with Crippen LogP contribution in [0.3, 0.4) is 0 Å². The maximum absolute atomic E-state index is 8.59. The molecule has 5 heteroatoms. The van der Waals surface area contributed by atoms with Gasteiger partial charge in [0.1, 0.15) is 11.4 Å². The first-order valence-corrected chi connectivity index (χ1v) is 5.67. The summed E-state index contributed by atoms with van der Waals surface area (Å²) in [6.07, 6.45) is 0.263. The minimum atomic E-state index is -0.493. The Hall–Kier alpha value is -1.25. The number of furan rings is 1. The molecule has 0 N–H and O–H groups in total. The van der Waals surface area contributed by atoms with Crippen molar-refractivity contribution in [3.8, 4) is 6.07 Å². The molecule has 2 heterocycles. The Bertz CT molecular complexity index is 443. The van der Waals surface area contributed by atoms with E-state index in [0.717, 1.165) is 0 Å². The molecule has 1 aliphatic rings. The van der Waals surface area contributed by atoms with Crippen molar-refractivity contribution in [2.24, 2.45) is 0 Å². The third-order valence-corrected chi connectivity index (χ3v) is 3.42. The van der Waals surface area contributed by atoms with Crippen molar-refractivity contribution >= 4 is 12.8 Å². The molecule has 0 bridgehead atoms. The summed E-state index contributed by atoms with van der Waals surface area (Å²) in [6, 6.07) is 5.63. The van der Waals surface area contributed by atoms with Crippen LogP contribution in [0.2, 0.25) is 0 Å². The summed E-state index contributed by atoms with van der Waals surface area (Å²) in [4.78, 5) is 0. The number of hydrogen-bond acceptors (Lipinski definition) is 4. The molecule has 0 atom stereocenters. The lowest BCUT2D eigenvalue weighted by Crippen LogP contribution is -2.41. The average molecular weight is 233 g/mol. The average Bonchev–Trinajstić information content (AvgIpc) is 2.71. The smallest absolute Gasteiger partial charge is 0.469 e. The molecule has 4 nitrogen and oxygen atoms in total. The number of rotatable bonds is 2. The molecule has 1 saturated heterocycles. The summed E-state index contributed by atoms with van der Waals surface area (Å²) in [7, 11) is -0.493. The van der Waals surface area contributed by atoms with Gasteiger partial charge in [-0.2, -0.15) is 5.26 Å². The zero-order valence-electron chi connectivity index (χ0n) is 10.6.